The topological polar surface area (TPSA) is 39.5 Å². The Kier molecular flexibility index (Phi) is 3.50. The minimum absolute atomic E-state index is 0.550. The Labute approximate surface area is 108 Å². The summed E-state index contributed by atoms with van der Waals surface area (Å²) in [6.45, 7) is 6.22. The number of rotatable bonds is 2. The Balaban J connectivity index is 1.94. The molecule has 4 nitrogen and oxygen atoms in total. The van der Waals surface area contributed by atoms with Crippen LogP contribution < -0.4 is 15.0 Å². The second-order valence-electron chi connectivity index (χ2n) is 5.08. The first-order chi connectivity index (χ1) is 8.90. The predicted octanol–water partition coefficient (Wildman–Crippen LogP) is -1.27. The van der Waals surface area contributed by atoms with E-state index in [4.69, 9.17) is 9.47 Å². The van der Waals surface area contributed by atoms with Gasteiger partial charge in [-0.15, -0.1) is 0 Å². The van der Waals surface area contributed by atoms with E-state index in [1.54, 1.807) is 12.0 Å². The molecule has 0 unspecified atom stereocenters. The van der Waals surface area contributed by atoms with Gasteiger partial charge < -0.3 is 19.7 Å². The lowest BCUT2D eigenvalue weighted by atomic mass is 9.94. The van der Waals surface area contributed by atoms with Gasteiger partial charge in [-0.3, -0.25) is 0 Å². The molecule has 1 saturated heterocycles. The largest absolute Gasteiger partial charge is 0.496 e. The van der Waals surface area contributed by atoms with E-state index in [1.807, 2.05) is 0 Å². The summed E-state index contributed by atoms with van der Waals surface area (Å²) in [5, 5.41) is 2.41. The lowest BCUT2D eigenvalue weighted by Crippen LogP contribution is -3.17. The number of quaternary nitrogens is 2. The molecule has 2 aliphatic rings. The van der Waals surface area contributed by atoms with Gasteiger partial charge in [-0.05, 0) is 6.07 Å². The number of ether oxygens (including phenoxy) is 2. The zero-order valence-corrected chi connectivity index (χ0v) is 10.9. The smallest absolute Gasteiger partial charge is 0.167 e. The maximum Gasteiger partial charge on any atom is 0.167 e. The standard InChI is InChI=1S/C14H20N2O2/c1-17-13-4-2-3-11-9-15-10-12(14(11)13)16-5-7-18-8-6-16/h2-4,12,15H,5-10H2,1H3/p+2/t12-/m0/s1. The van der Waals surface area contributed by atoms with Crippen molar-refractivity contribution >= 4 is 0 Å². The molecule has 0 amide bonds. The number of benzene rings is 1. The molecule has 1 aromatic rings. The van der Waals surface area contributed by atoms with E-state index in [-0.39, 0.29) is 0 Å². The second kappa shape index (κ2) is 5.26. The van der Waals surface area contributed by atoms with Crippen LogP contribution in [0.5, 0.6) is 5.75 Å². The lowest BCUT2D eigenvalue weighted by Gasteiger charge is -2.34. The maximum absolute atomic E-state index is 5.58. The molecule has 0 saturated carbocycles. The van der Waals surface area contributed by atoms with Crippen LogP contribution in [0.1, 0.15) is 17.2 Å². The Morgan fingerprint density at radius 2 is 2.17 bits per heavy atom. The van der Waals surface area contributed by atoms with Gasteiger partial charge in [0.1, 0.15) is 31.9 Å². The summed E-state index contributed by atoms with van der Waals surface area (Å²) in [6.07, 6.45) is 0. The van der Waals surface area contributed by atoms with Crippen molar-refractivity contribution in [3.8, 4) is 5.75 Å². The van der Waals surface area contributed by atoms with Gasteiger partial charge >= 0.3 is 0 Å². The molecule has 0 bridgehead atoms. The number of hydrogen-bond acceptors (Lipinski definition) is 2. The van der Waals surface area contributed by atoms with Gasteiger partial charge in [0.15, 0.2) is 6.04 Å². The van der Waals surface area contributed by atoms with Crippen molar-refractivity contribution in [3.63, 3.8) is 0 Å². The molecule has 18 heavy (non-hydrogen) atoms. The van der Waals surface area contributed by atoms with E-state index in [0.717, 1.165) is 45.1 Å². The normalized spacial score (nSPS) is 24.6. The third-order valence-corrected chi connectivity index (χ3v) is 4.12. The molecule has 1 fully saturated rings. The van der Waals surface area contributed by atoms with Crippen LogP contribution in [0.3, 0.4) is 0 Å². The van der Waals surface area contributed by atoms with Crippen molar-refractivity contribution in [2.45, 2.75) is 12.6 Å². The molecular weight excluding hydrogens is 228 g/mol. The van der Waals surface area contributed by atoms with E-state index in [9.17, 15) is 0 Å². The summed E-state index contributed by atoms with van der Waals surface area (Å²) in [5.41, 5.74) is 2.86. The molecule has 0 spiro atoms. The molecule has 3 rings (SSSR count). The molecule has 3 N–H and O–H groups in total. The molecule has 1 atom stereocenters. The molecule has 0 radical (unpaired) electrons. The van der Waals surface area contributed by atoms with Crippen molar-refractivity contribution in [2.75, 3.05) is 40.0 Å². The highest BCUT2D eigenvalue weighted by Crippen LogP contribution is 2.28. The molecule has 2 aliphatic heterocycles. The average molecular weight is 250 g/mol. The van der Waals surface area contributed by atoms with Crippen LogP contribution in [0.4, 0.5) is 0 Å². The summed E-state index contributed by atoms with van der Waals surface area (Å²) < 4.78 is 11.0. The predicted molar refractivity (Wildman–Crippen MR) is 67.7 cm³/mol. The number of hydrogen-bond donors (Lipinski definition) is 2. The van der Waals surface area contributed by atoms with Crippen molar-refractivity contribution in [2.24, 2.45) is 0 Å². The molecule has 2 heterocycles. The molecular formula is C14H22N2O2+2. The van der Waals surface area contributed by atoms with E-state index < -0.39 is 0 Å². The van der Waals surface area contributed by atoms with Crippen molar-refractivity contribution in [3.05, 3.63) is 29.3 Å². The fraction of sp³-hybridized carbons (Fsp3) is 0.571. The van der Waals surface area contributed by atoms with E-state index in [2.05, 4.69) is 23.5 Å². The van der Waals surface area contributed by atoms with Crippen molar-refractivity contribution in [1.29, 1.82) is 0 Å². The van der Waals surface area contributed by atoms with Crippen LogP contribution in [0.15, 0.2) is 18.2 Å². The highest BCUT2D eigenvalue weighted by molar-refractivity contribution is 5.42. The second-order valence-corrected chi connectivity index (χ2v) is 5.08. The SMILES string of the molecule is COc1cccc2c1[C@@H]([NH+]1CCOCC1)C[NH2+]C2. The van der Waals surface area contributed by atoms with Crippen LogP contribution in [-0.2, 0) is 11.3 Å². The molecule has 0 aliphatic carbocycles. The zero-order chi connectivity index (χ0) is 12.4. The van der Waals surface area contributed by atoms with E-state index >= 15 is 0 Å². The minimum Gasteiger partial charge on any atom is -0.496 e. The van der Waals surface area contributed by atoms with Gasteiger partial charge in [0.05, 0.1) is 25.9 Å². The van der Waals surface area contributed by atoms with Gasteiger partial charge in [0.2, 0.25) is 0 Å². The minimum atomic E-state index is 0.550. The highest BCUT2D eigenvalue weighted by Gasteiger charge is 2.35. The van der Waals surface area contributed by atoms with Gasteiger partial charge in [0.25, 0.3) is 0 Å². The summed E-state index contributed by atoms with van der Waals surface area (Å²) >= 11 is 0. The first-order valence-electron chi connectivity index (χ1n) is 6.80. The molecule has 4 heteroatoms. The van der Waals surface area contributed by atoms with E-state index in [0.29, 0.717) is 6.04 Å². The summed E-state index contributed by atoms with van der Waals surface area (Å²) in [6, 6.07) is 6.98. The molecule has 98 valence electrons. The summed E-state index contributed by atoms with van der Waals surface area (Å²) in [5.74, 6) is 1.06. The quantitative estimate of drug-likeness (QED) is 0.687. The number of nitrogens with two attached hydrogens (primary N) is 1. The van der Waals surface area contributed by atoms with Crippen LogP contribution in [0.25, 0.3) is 0 Å². The first kappa shape index (κ1) is 12.0. The number of methoxy groups -OCH3 is 1. The highest BCUT2D eigenvalue weighted by atomic mass is 16.5. The molecule has 1 aromatic carbocycles. The number of fused-ring (bicyclic) bond motifs is 1. The van der Waals surface area contributed by atoms with Crippen LogP contribution in [0.2, 0.25) is 0 Å². The van der Waals surface area contributed by atoms with Crippen LogP contribution in [0, 0.1) is 0 Å². The zero-order valence-electron chi connectivity index (χ0n) is 10.9. The van der Waals surface area contributed by atoms with Crippen molar-refractivity contribution < 1.29 is 19.7 Å². The van der Waals surface area contributed by atoms with Crippen LogP contribution in [-0.4, -0.2) is 40.0 Å². The first-order valence-corrected chi connectivity index (χ1v) is 6.80. The number of nitrogens with one attached hydrogen (secondary N) is 1. The van der Waals surface area contributed by atoms with Gasteiger partial charge in [-0.2, -0.15) is 0 Å². The van der Waals surface area contributed by atoms with Gasteiger partial charge in [-0.25, -0.2) is 0 Å². The van der Waals surface area contributed by atoms with E-state index in [1.165, 1.54) is 11.1 Å². The Bertz CT molecular complexity index is 402. The summed E-state index contributed by atoms with van der Waals surface area (Å²) in [7, 11) is 1.78. The third-order valence-electron chi connectivity index (χ3n) is 4.12. The number of morpholine rings is 1. The van der Waals surface area contributed by atoms with Crippen LogP contribution >= 0.6 is 0 Å². The Morgan fingerprint density at radius 1 is 1.33 bits per heavy atom. The fourth-order valence-electron chi connectivity index (χ4n) is 3.22. The van der Waals surface area contributed by atoms with Gasteiger partial charge in [0, 0.05) is 5.56 Å². The Morgan fingerprint density at radius 3 is 2.94 bits per heavy atom. The average Bonchev–Trinajstić information content (AvgIpc) is 2.47. The Hall–Kier alpha value is -1.10. The third kappa shape index (κ3) is 2.11. The fourth-order valence-corrected chi connectivity index (χ4v) is 3.22. The lowest BCUT2D eigenvalue weighted by molar-refractivity contribution is -0.954. The maximum atomic E-state index is 5.58. The van der Waals surface area contributed by atoms with Gasteiger partial charge in [-0.1, -0.05) is 12.1 Å². The van der Waals surface area contributed by atoms with Crippen molar-refractivity contribution in [1.82, 2.24) is 0 Å². The molecule has 0 aromatic heterocycles. The summed E-state index contributed by atoms with van der Waals surface area (Å²) in [4.78, 5) is 1.64. The monoisotopic (exact) mass is 250 g/mol.